The Labute approximate surface area is 200 Å². The van der Waals surface area contributed by atoms with Crippen molar-refractivity contribution in [1.82, 2.24) is 9.55 Å². The summed E-state index contributed by atoms with van der Waals surface area (Å²) in [6.07, 6.45) is 0. The molecule has 0 aliphatic carbocycles. The number of imidazole rings is 1. The fourth-order valence-electron chi connectivity index (χ4n) is 5.79. The average Bonchev–Trinajstić information content (AvgIpc) is 3.28. The molecule has 0 fully saturated rings. The normalized spacial score (nSPS) is 17.4. The van der Waals surface area contributed by atoms with Crippen LogP contribution in [0.5, 0.6) is 0 Å². The van der Waals surface area contributed by atoms with Crippen molar-refractivity contribution in [3.63, 3.8) is 0 Å². The summed E-state index contributed by atoms with van der Waals surface area (Å²) in [5, 5.41) is 2.68. The topological polar surface area (TPSA) is 34.9 Å². The van der Waals surface area contributed by atoms with E-state index in [1.165, 1.54) is 10.4 Å². The number of rotatable bonds is 4. The van der Waals surface area contributed by atoms with Gasteiger partial charge < -0.3 is 0 Å². The highest BCUT2D eigenvalue weighted by atomic mass is 28.3. The Bertz CT molecular complexity index is 1480. The molecular weight excluding hydrogens is 432 g/mol. The summed E-state index contributed by atoms with van der Waals surface area (Å²) in [7, 11) is -2.29. The maximum absolute atomic E-state index is 14.5. The summed E-state index contributed by atoms with van der Waals surface area (Å²) in [5.41, 5.74) is 3.19. The van der Waals surface area contributed by atoms with Crippen LogP contribution in [0.4, 0.5) is 0 Å². The zero-order valence-electron chi connectivity index (χ0n) is 19.4. The molecular formula is C30H26N2OSi. The molecule has 4 heteroatoms. The molecule has 2 heterocycles. The van der Waals surface area contributed by atoms with Gasteiger partial charge in [-0.2, -0.15) is 0 Å². The molecule has 0 spiro atoms. The van der Waals surface area contributed by atoms with Gasteiger partial charge in [0.05, 0.1) is 16.4 Å². The Morgan fingerprint density at radius 1 is 0.765 bits per heavy atom. The lowest BCUT2D eigenvalue weighted by Gasteiger charge is -2.41. The lowest BCUT2D eigenvalue weighted by molar-refractivity contribution is 0.0823. The van der Waals surface area contributed by atoms with E-state index in [0.29, 0.717) is 0 Å². The van der Waals surface area contributed by atoms with Crippen LogP contribution >= 0.6 is 0 Å². The molecule has 4 aromatic carbocycles. The van der Waals surface area contributed by atoms with Crippen molar-refractivity contribution in [2.75, 3.05) is 0 Å². The summed E-state index contributed by atoms with van der Waals surface area (Å²) in [5.74, 6) is 0.863. The van der Waals surface area contributed by atoms with Gasteiger partial charge >= 0.3 is 0 Å². The smallest absolute Gasteiger partial charge is 0.242 e. The number of benzene rings is 4. The lowest BCUT2D eigenvalue weighted by atomic mass is 9.78. The third kappa shape index (κ3) is 2.95. The van der Waals surface area contributed by atoms with Crippen LogP contribution in [0.3, 0.4) is 0 Å². The van der Waals surface area contributed by atoms with Gasteiger partial charge in [-0.3, -0.25) is 9.36 Å². The monoisotopic (exact) mass is 458 g/mol. The molecule has 166 valence electrons. The minimum absolute atomic E-state index is 0.112. The maximum Gasteiger partial charge on any atom is 0.242 e. The quantitative estimate of drug-likeness (QED) is 0.333. The molecule has 0 radical (unpaired) electrons. The number of para-hydroxylation sites is 2. The van der Waals surface area contributed by atoms with E-state index in [2.05, 4.69) is 86.3 Å². The molecule has 3 nitrogen and oxygen atoms in total. The summed E-state index contributed by atoms with van der Waals surface area (Å²) < 4.78 is 1.86. The van der Waals surface area contributed by atoms with Crippen molar-refractivity contribution in [2.45, 2.75) is 24.9 Å². The van der Waals surface area contributed by atoms with Crippen molar-refractivity contribution in [1.29, 1.82) is 0 Å². The number of carbonyl (C=O) groups excluding carboxylic acids is 1. The molecule has 1 aromatic heterocycles. The molecule has 0 bridgehead atoms. The van der Waals surface area contributed by atoms with Crippen molar-refractivity contribution in [2.24, 2.45) is 0 Å². The minimum atomic E-state index is -2.29. The molecule has 1 atom stereocenters. The maximum atomic E-state index is 14.5. The van der Waals surface area contributed by atoms with E-state index in [1.54, 1.807) is 0 Å². The van der Waals surface area contributed by atoms with E-state index in [1.807, 2.05) is 41.0 Å². The summed E-state index contributed by atoms with van der Waals surface area (Å²) >= 11 is 0. The standard InChI is InChI=1S/C30H26N2OSi/c1-30(21-34(2,22-13-5-3-6-14-22)23-15-7-4-8-16-23)25-18-10-9-17-24(25)28-31-26-19-11-12-20-27(26)32(28)29(30)33/h3-20H,21H2,1-2H3. The number of fused-ring (bicyclic) bond motifs is 5. The molecule has 1 unspecified atom stereocenters. The fourth-order valence-corrected chi connectivity index (χ4v) is 10.1. The second kappa shape index (κ2) is 7.64. The second-order valence-electron chi connectivity index (χ2n) is 9.68. The molecule has 6 rings (SSSR count). The Morgan fingerprint density at radius 3 is 2.00 bits per heavy atom. The Kier molecular flexibility index (Phi) is 4.68. The highest BCUT2D eigenvalue weighted by Gasteiger charge is 2.49. The van der Waals surface area contributed by atoms with Crippen LogP contribution < -0.4 is 10.4 Å². The first-order valence-corrected chi connectivity index (χ1v) is 14.5. The Morgan fingerprint density at radius 2 is 1.32 bits per heavy atom. The largest absolute Gasteiger partial charge is 0.273 e. The Hall–Kier alpha value is -3.76. The summed E-state index contributed by atoms with van der Waals surface area (Å²) in [6, 6.07) is 38.6. The third-order valence-corrected chi connectivity index (χ3v) is 12.2. The predicted molar refractivity (Wildman–Crippen MR) is 142 cm³/mol. The third-order valence-electron chi connectivity index (χ3n) is 7.53. The Balaban J connectivity index is 1.60. The van der Waals surface area contributed by atoms with E-state index < -0.39 is 13.5 Å². The highest BCUT2D eigenvalue weighted by molar-refractivity contribution is 7.01. The number of aromatic nitrogens is 2. The van der Waals surface area contributed by atoms with Crippen LogP contribution in [0, 0.1) is 0 Å². The lowest BCUT2D eigenvalue weighted by Crippen LogP contribution is -2.60. The van der Waals surface area contributed by atoms with Gasteiger partial charge in [0.15, 0.2) is 0 Å². The van der Waals surface area contributed by atoms with Gasteiger partial charge in [-0.05, 0) is 30.7 Å². The van der Waals surface area contributed by atoms with Gasteiger partial charge in [-0.1, -0.05) is 114 Å². The number of hydrogen-bond donors (Lipinski definition) is 0. The predicted octanol–water partition coefficient (Wildman–Crippen LogP) is 5.51. The van der Waals surface area contributed by atoms with E-state index in [4.69, 9.17) is 4.98 Å². The summed E-state index contributed by atoms with van der Waals surface area (Å²) in [4.78, 5) is 19.3. The summed E-state index contributed by atoms with van der Waals surface area (Å²) in [6.45, 7) is 4.54. The minimum Gasteiger partial charge on any atom is -0.273 e. The molecule has 0 saturated heterocycles. The highest BCUT2D eigenvalue weighted by Crippen LogP contribution is 2.45. The van der Waals surface area contributed by atoms with Gasteiger partial charge in [0.2, 0.25) is 5.91 Å². The fraction of sp³-hybridized carbons (Fsp3) is 0.133. The van der Waals surface area contributed by atoms with E-state index in [-0.39, 0.29) is 5.91 Å². The van der Waals surface area contributed by atoms with Gasteiger partial charge in [0, 0.05) is 5.56 Å². The van der Waals surface area contributed by atoms with Crippen LogP contribution in [0.25, 0.3) is 22.4 Å². The van der Waals surface area contributed by atoms with E-state index in [9.17, 15) is 4.79 Å². The first-order valence-electron chi connectivity index (χ1n) is 11.8. The number of hydrogen-bond acceptors (Lipinski definition) is 2. The average molecular weight is 459 g/mol. The number of carbonyl (C=O) groups is 1. The van der Waals surface area contributed by atoms with Crippen molar-refractivity contribution in [3.8, 4) is 11.4 Å². The molecule has 5 aromatic rings. The van der Waals surface area contributed by atoms with Crippen LogP contribution in [-0.2, 0) is 5.41 Å². The van der Waals surface area contributed by atoms with Crippen LogP contribution in [0.15, 0.2) is 109 Å². The first-order chi connectivity index (χ1) is 16.5. The van der Waals surface area contributed by atoms with Gasteiger partial charge in [0.1, 0.15) is 13.9 Å². The molecule has 1 aliphatic heterocycles. The van der Waals surface area contributed by atoms with Crippen LogP contribution in [0.1, 0.15) is 17.3 Å². The molecule has 34 heavy (non-hydrogen) atoms. The van der Waals surface area contributed by atoms with E-state index in [0.717, 1.165) is 34.0 Å². The van der Waals surface area contributed by atoms with Crippen molar-refractivity contribution in [3.05, 3.63) is 115 Å². The zero-order chi connectivity index (χ0) is 23.3. The van der Waals surface area contributed by atoms with Crippen LogP contribution in [0.2, 0.25) is 12.6 Å². The zero-order valence-corrected chi connectivity index (χ0v) is 20.4. The van der Waals surface area contributed by atoms with Crippen molar-refractivity contribution >= 4 is 35.4 Å². The molecule has 1 aliphatic rings. The van der Waals surface area contributed by atoms with Gasteiger partial charge in [-0.15, -0.1) is 0 Å². The molecule has 0 saturated carbocycles. The van der Waals surface area contributed by atoms with Crippen molar-refractivity contribution < 1.29 is 4.79 Å². The molecule has 0 amide bonds. The van der Waals surface area contributed by atoms with E-state index >= 15 is 0 Å². The molecule has 0 N–H and O–H groups in total. The van der Waals surface area contributed by atoms with Crippen LogP contribution in [-0.4, -0.2) is 23.5 Å². The second-order valence-corrected chi connectivity index (χ2v) is 13.9. The number of nitrogens with zero attached hydrogens (tertiary/aromatic N) is 2. The first kappa shape index (κ1) is 20.8. The van der Waals surface area contributed by atoms with Gasteiger partial charge in [-0.25, -0.2) is 4.98 Å². The van der Waals surface area contributed by atoms with Gasteiger partial charge in [0.25, 0.3) is 0 Å². The SMILES string of the molecule is CC1(C[Si](C)(c2ccccc2)c2ccccc2)C(=O)n2c(nc3ccccc32)-c2ccccc21.